The van der Waals surface area contributed by atoms with Crippen LogP contribution in [0, 0.1) is 0 Å². The lowest BCUT2D eigenvalue weighted by Gasteiger charge is -2.27. The summed E-state index contributed by atoms with van der Waals surface area (Å²) in [7, 11) is 3.96. The third kappa shape index (κ3) is 5.01. The molecule has 0 radical (unpaired) electrons. The van der Waals surface area contributed by atoms with Crippen LogP contribution in [0.5, 0.6) is 5.75 Å². The number of hydrogen-bond acceptors (Lipinski definition) is 3. The summed E-state index contributed by atoms with van der Waals surface area (Å²) in [5.41, 5.74) is 2.60. The zero-order valence-corrected chi connectivity index (χ0v) is 14.6. The molecule has 1 aromatic rings. The first-order chi connectivity index (χ1) is 10.1. The highest BCUT2D eigenvalue weighted by atomic mass is 16.5. The molecule has 0 amide bonds. The van der Waals surface area contributed by atoms with Crippen LogP contribution in [-0.2, 0) is 6.54 Å². The van der Waals surface area contributed by atoms with Crippen molar-refractivity contribution in [3.63, 3.8) is 0 Å². The van der Waals surface area contributed by atoms with Crippen LogP contribution in [0.3, 0.4) is 0 Å². The molecule has 0 aliphatic rings. The Balaban J connectivity index is 2.94. The van der Waals surface area contributed by atoms with E-state index in [2.05, 4.69) is 63.2 Å². The molecule has 1 aromatic carbocycles. The summed E-state index contributed by atoms with van der Waals surface area (Å²) in [5, 5.41) is 3.47. The van der Waals surface area contributed by atoms with Gasteiger partial charge in [-0.05, 0) is 51.1 Å². The smallest absolute Gasteiger partial charge is 0.123 e. The molecule has 0 saturated carbocycles. The van der Waals surface area contributed by atoms with E-state index in [0.29, 0.717) is 12.1 Å². The van der Waals surface area contributed by atoms with Crippen LogP contribution < -0.4 is 10.1 Å². The molecule has 3 nitrogen and oxygen atoms in total. The van der Waals surface area contributed by atoms with E-state index in [4.69, 9.17) is 4.74 Å². The molecule has 3 heteroatoms. The molecule has 1 unspecified atom stereocenters. The van der Waals surface area contributed by atoms with Crippen molar-refractivity contribution in [2.45, 2.75) is 59.2 Å². The largest absolute Gasteiger partial charge is 0.496 e. The Hall–Kier alpha value is -1.06. The minimum atomic E-state index is 0.373. The summed E-state index contributed by atoms with van der Waals surface area (Å²) < 4.78 is 5.54. The lowest BCUT2D eigenvalue weighted by Crippen LogP contribution is -2.30. The first-order valence-electron chi connectivity index (χ1n) is 8.17. The fourth-order valence-electron chi connectivity index (χ4n) is 2.93. The zero-order valence-electron chi connectivity index (χ0n) is 14.6. The van der Waals surface area contributed by atoms with Crippen LogP contribution in [0.1, 0.15) is 57.7 Å². The van der Waals surface area contributed by atoms with Crippen LogP contribution in [-0.4, -0.2) is 31.6 Å². The average Bonchev–Trinajstić information content (AvgIpc) is 2.48. The molecule has 0 spiro atoms. The Kier molecular flexibility index (Phi) is 7.76. The maximum atomic E-state index is 5.54. The molecular formula is C18H32N2O. The fraction of sp³-hybridized carbons (Fsp3) is 0.667. The molecule has 1 N–H and O–H groups in total. The molecule has 21 heavy (non-hydrogen) atoms. The van der Waals surface area contributed by atoms with Gasteiger partial charge in [0.05, 0.1) is 7.11 Å². The molecule has 0 aliphatic carbocycles. The van der Waals surface area contributed by atoms with Crippen LogP contribution in [0.4, 0.5) is 0 Å². The van der Waals surface area contributed by atoms with E-state index in [1.807, 2.05) is 0 Å². The van der Waals surface area contributed by atoms with Crippen LogP contribution in [0.25, 0.3) is 0 Å². The van der Waals surface area contributed by atoms with Gasteiger partial charge in [-0.1, -0.05) is 26.8 Å². The molecule has 1 atom stereocenters. The Morgan fingerprint density at radius 3 is 2.38 bits per heavy atom. The summed E-state index contributed by atoms with van der Waals surface area (Å²) in [4.78, 5) is 2.43. The maximum Gasteiger partial charge on any atom is 0.123 e. The Bertz CT molecular complexity index is 416. The molecule has 0 heterocycles. The van der Waals surface area contributed by atoms with Gasteiger partial charge in [0.1, 0.15) is 5.75 Å². The lowest BCUT2D eigenvalue weighted by atomic mass is 10.0. The second kappa shape index (κ2) is 9.06. The molecule has 0 aliphatic heterocycles. The van der Waals surface area contributed by atoms with Gasteiger partial charge in [-0.25, -0.2) is 0 Å². The highest BCUT2D eigenvalue weighted by Crippen LogP contribution is 2.25. The quantitative estimate of drug-likeness (QED) is 0.745. The molecule has 0 saturated heterocycles. The molecule has 0 fully saturated rings. The van der Waals surface area contributed by atoms with E-state index in [0.717, 1.165) is 18.8 Å². The summed E-state index contributed by atoms with van der Waals surface area (Å²) in [6.45, 7) is 10.8. The normalized spacial score (nSPS) is 13.0. The number of nitrogens with one attached hydrogen (secondary N) is 1. The van der Waals surface area contributed by atoms with Crippen molar-refractivity contribution in [3.05, 3.63) is 29.3 Å². The highest BCUT2D eigenvalue weighted by molar-refractivity contribution is 5.38. The predicted octanol–water partition coefficient (Wildman–Crippen LogP) is 3.99. The fourth-order valence-corrected chi connectivity index (χ4v) is 2.93. The summed E-state index contributed by atoms with van der Waals surface area (Å²) in [6.07, 6.45) is 2.37. The summed E-state index contributed by atoms with van der Waals surface area (Å²) >= 11 is 0. The molecule has 1 rings (SSSR count). The van der Waals surface area contributed by atoms with Gasteiger partial charge in [0, 0.05) is 24.2 Å². The lowest BCUT2D eigenvalue weighted by molar-refractivity contribution is 0.219. The van der Waals surface area contributed by atoms with Gasteiger partial charge in [-0.15, -0.1) is 0 Å². The zero-order chi connectivity index (χ0) is 15.8. The van der Waals surface area contributed by atoms with Gasteiger partial charge in [0.2, 0.25) is 0 Å². The topological polar surface area (TPSA) is 24.5 Å². The van der Waals surface area contributed by atoms with E-state index in [1.54, 1.807) is 7.11 Å². The number of nitrogens with zero attached hydrogens (tertiary/aromatic N) is 1. The first kappa shape index (κ1) is 18.0. The van der Waals surface area contributed by atoms with Crippen molar-refractivity contribution >= 4 is 0 Å². The predicted molar refractivity (Wildman–Crippen MR) is 90.9 cm³/mol. The first-order valence-corrected chi connectivity index (χ1v) is 8.17. The third-order valence-corrected chi connectivity index (χ3v) is 4.30. The number of ether oxygens (including phenoxy) is 1. The Labute approximate surface area is 130 Å². The average molecular weight is 292 g/mol. The van der Waals surface area contributed by atoms with Gasteiger partial charge in [0.15, 0.2) is 0 Å². The summed E-state index contributed by atoms with van der Waals surface area (Å²) in [5.74, 6) is 0.986. The van der Waals surface area contributed by atoms with E-state index in [1.165, 1.54) is 24.0 Å². The van der Waals surface area contributed by atoms with Gasteiger partial charge < -0.3 is 10.1 Å². The van der Waals surface area contributed by atoms with Crippen LogP contribution >= 0.6 is 0 Å². The molecule has 0 aromatic heterocycles. The van der Waals surface area contributed by atoms with Gasteiger partial charge in [0.25, 0.3) is 0 Å². The highest BCUT2D eigenvalue weighted by Gasteiger charge is 2.15. The van der Waals surface area contributed by atoms with E-state index in [-0.39, 0.29) is 0 Å². The number of hydrogen-bond donors (Lipinski definition) is 1. The van der Waals surface area contributed by atoms with Crippen LogP contribution in [0.2, 0.25) is 0 Å². The summed E-state index contributed by atoms with van der Waals surface area (Å²) in [6, 6.07) is 7.54. The Morgan fingerprint density at radius 2 is 1.86 bits per heavy atom. The number of rotatable bonds is 9. The second-order valence-corrected chi connectivity index (χ2v) is 5.74. The molecule has 120 valence electrons. The number of methoxy groups -OCH3 is 1. The Morgan fingerprint density at radius 1 is 1.19 bits per heavy atom. The standard InChI is InChI=1S/C18H32N2O/c1-7-17(8-2)20(5)13-16-12-15(14(4)19-9-3)10-11-18(16)21-6/h10-12,14,17,19H,7-9,13H2,1-6H3. The molecular weight excluding hydrogens is 260 g/mol. The monoisotopic (exact) mass is 292 g/mol. The van der Waals surface area contributed by atoms with E-state index < -0.39 is 0 Å². The minimum Gasteiger partial charge on any atom is -0.496 e. The van der Waals surface area contributed by atoms with Crippen LogP contribution in [0.15, 0.2) is 18.2 Å². The molecule has 0 bridgehead atoms. The van der Waals surface area contributed by atoms with Gasteiger partial charge in [-0.3, -0.25) is 4.90 Å². The van der Waals surface area contributed by atoms with Crippen molar-refractivity contribution in [1.82, 2.24) is 10.2 Å². The van der Waals surface area contributed by atoms with E-state index in [9.17, 15) is 0 Å². The van der Waals surface area contributed by atoms with Gasteiger partial charge in [-0.2, -0.15) is 0 Å². The second-order valence-electron chi connectivity index (χ2n) is 5.74. The van der Waals surface area contributed by atoms with Crippen molar-refractivity contribution in [1.29, 1.82) is 0 Å². The van der Waals surface area contributed by atoms with Crippen molar-refractivity contribution in [2.75, 3.05) is 20.7 Å². The van der Waals surface area contributed by atoms with Crippen molar-refractivity contribution in [2.24, 2.45) is 0 Å². The van der Waals surface area contributed by atoms with E-state index >= 15 is 0 Å². The maximum absolute atomic E-state index is 5.54. The van der Waals surface area contributed by atoms with Gasteiger partial charge >= 0.3 is 0 Å². The van der Waals surface area contributed by atoms with Crippen molar-refractivity contribution < 1.29 is 4.74 Å². The number of benzene rings is 1. The minimum absolute atomic E-state index is 0.373. The SMILES string of the molecule is CCNC(C)c1ccc(OC)c(CN(C)C(CC)CC)c1. The van der Waals surface area contributed by atoms with Crippen molar-refractivity contribution in [3.8, 4) is 5.75 Å². The third-order valence-electron chi connectivity index (χ3n) is 4.30.